The molecule has 9 heteroatoms. The fourth-order valence-electron chi connectivity index (χ4n) is 3.72. The number of amides is 1. The highest BCUT2D eigenvalue weighted by Gasteiger charge is 2.14. The van der Waals surface area contributed by atoms with Crippen molar-refractivity contribution in [2.75, 3.05) is 12.4 Å². The van der Waals surface area contributed by atoms with Crippen molar-refractivity contribution in [1.82, 2.24) is 20.5 Å². The second-order valence-corrected chi connectivity index (χ2v) is 8.09. The Morgan fingerprint density at radius 3 is 2.42 bits per heavy atom. The fraction of sp³-hybridized carbons (Fsp3) is 0.0345. The first-order chi connectivity index (χ1) is 18.6. The van der Waals surface area contributed by atoms with Crippen LogP contribution in [0.2, 0.25) is 0 Å². The van der Waals surface area contributed by atoms with Gasteiger partial charge in [-0.25, -0.2) is 4.98 Å². The number of para-hydroxylation sites is 1. The monoisotopic (exact) mass is 502 g/mol. The van der Waals surface area contributed by atoms with Crippen LogP contribution in [-0.2, 0) is 4.79 Å². The summed E-state index contributed by atoms with van der Waals surface area (Å²) in [5.74, 6) is 2.69. The van der Waals surface area contributed by atoms with Gasteiger partial charge >= 0.3 is 0 Å². The lowest BCUT2D eigenvalue weighted by Crippen LogP contribution is -2.19. The van der Waals surface area contributed by atoms with Crippen molar-refractivity contribution in [3.8, 4) is 29.1 Å². The maximum atomic E-state index is 11.9. The molecular weight excluding hydrogens is 480 g/mol. The summed E-state index contributed by atoms with van der Waals surface area (Å²) >= 11 is 0. The van der Waals surface area contributed by atoms with Gasteiger partial charge in [-0.15, -0.1) is 0 Å². The molecule has 9 nitrogen and oxygen atoms in total. The lowest BCUT2D eigenvalue weighted by Gasteiger charge is -2.10. The van der Waals surface area contributed by atoms with Gasteiger partial charge in [0.1, 0.15) is 40.0 Å². The van der Waals surface area contributed by atoms with Crippen molar-refractivity contribution in [3.05, 3.63) is 102 Å². The van der Waals surface area contributed by atoms with Crippen LogP contribution in [0.4, 0.5) is 11.5 Å². The number of hydrogen-bond donors (Lipinski definition) is 3. The van der Waals surface area contributed by atoms with Crippen molar-refractivity contribution in [1.29, 1.82) is 5.26 Å². The lowest BCUT2D eigenvalue weighted by molar-refractivity contribution is -0.116. The van der Waals surface area contributed by atoms with Gasteiger partial charge in [0.05, 0.1) is 0 Å². The molecule has 0 aliphatic rings. The number of aromatic amines is 1. The molecule has 3 aromatic carbocycles. The normalized spacial score (nSPS) is 11.0. The Hall–Kier alpha value is -5.62. The van der Waals surface area contributed by atoms with Crippen molar-refractivity contribution in [3.63, 3.8) is 0 Å². The Bertz CT molecular complexity index is 1650. The molecule has 1 amide bonds. The van der Waals surface area contributed by atoms with Crippen LogP contribution in [0.25, 0.3) is 17.1 Å². The first kappa shape index (κ1) is 24.1. The van der Waals surface area contributed by atoms with Crippen molar-refractivity contribution < 1.29 is 14.3 Å². The molecule has 0 fully saturated rings. The zero-order chi connectivity index (χ0) is 26.3. The molecule has 0 saturated heterocycles. The zero-order valence-corrected chi connectivity index (χ0v) is 20.3. The van der Waals surface area contributed by atoms with E-state index in [0.717, 1.165) is 5.75 Å². The minimum Gasteiger partial charge on any atom is -0.457 e. The zero-order valence-electron chi connectivity index (χ0n) is 20.3. The van der Waals surface area contributed by atoms with Crippen LogP contribution in [0.15, 0.2) is 96.7 Å². The Morgan fingerprint density at radius 1 is 0.947 bits per heavy atom. The Morgan fingerprint density at radius 2 is 1.68 bits per heavy atom. The second-order valence-electron chi connectivity index (χ2n) is 8.09. The van der Waals surface area contributed by atoms with Gasteiger partial charge in [-0.05, 0) is 60.2 Å². The summed E-state index contributed by atoms with van der Waals surface area (Å²) in [5, 5.41) is 23.0. The van der Waals surface area contributed by atoms with E-state index in [0.29, 0.717) is 45.4 Å². The van der Waals surface area contributed by atoms with Gasteiger partial charge in [-0.2, -0.15) is 10.4 Å². The first-order valence-electron chi connectivity index (χ1n) is 11.7. The minimum atomic E-state index is -0.448. The number of H-pyrrole nitrogens is 1. The Balaban J connectivity index is 1.38. The highest BCUT2D eigenvalue weighted by molar-refractivity contribution is 6.01. The van der Waals surface area contributed by atoms with Crippen LogP contribution in [0, 0.1) is 11.3 Å². The van der Waals surface area contributed by atoms with Gasteiger partial charge in [-0.3, -0.25) is 9.89 Å². The Kier molecular flexibility index (Phi) is 6.96. The van der Waals surface area contributed by atoms with E-state index in [-0.39, 0.29) is 5.57 Å². The molecule has 3 N–H and O–H groups in total. The number of hydrogen-bond acceptors (Lipinski definition) is 7. The Labute approximate surface area is 218 Å². The number of nitriles is 1. The molecular formula is C29H22N6O3. The molecule has 0 bridgehead atoms. The number of pyridine rings is 1. The topological polar surface area (TPSA) is 125 Å². The van der Waals surface area contributed by atoms with Gasteiger partial charge in [0.15, 0.2) is 11.5 Å². The van der Waals surface area contributed by atoms with E-state index < -0.39 is 5.91 Å². The van der Waals surface area contributed by atoms with Gasteiger partial charge in [-0.1, -0.05) is 30.3 Å². The number of carbonyl (C=O) groups is 1. The molecule has 2 heterocycles. The SMILES string of the molecule is CNC(=O)/C(C#N)=C/c1cccc(Nc2n[nH]c3nccc(Oc4ccc(Oc5ccccc5)cc4)c23)c1. The highest BCUT2D eigenvalue weighted by atomic mass is 16.5. The lowest BCUT2D eigenvalue weighted by atomic mass is 10.1. The number of rotatable bonds is 8. The van der Waals surface area contributed by atoms with Crippen LogP contribution in [0.1, 0.15) is 5.56 Å². The van der Waals surface area contributed by atoms with Crippen LogP contribution >= 0.6 is 0 Å². The number of likely N-dealkylation sites (N-methyl/N-ethyl adjacent to an activating group) is 1. The number of nitrogens with one attached hydrogen (secondary N) is 3. The third kappa shape index (κ3) is 5.45. The van der Waals surface area contributed by atoms with Gasteiger partial charge in [0.25, 0.3) is 5.91 Å². The fourth-order valence-corrected chi connectivity index (χ4v) is 3.72. The molecule has 0 atom stereocenters. The molecule has 0 aliphatic carbocycles. The average Bonchev–Trinajstić information content (AvgIpc) is 3.36. The van der Waals surface area contributed by atoms with E-state index in [2.05, 4.69) is 25.8 Å². The number of ether oxygens (including phenoxy) is 2. The molecule has 186 valence electrons. The van der Waals surface area contributed by atoms with E-state index in [1.165, 1.54) is 13.1 Å². The van der Waals surface area contributed by atoms with Gasteiger partial charge < -0.3 is 20.1 Å². The van der Waals surface area contributed by atoms with Crippen LogP contribution in [0.3, 0.4) is 0 Å². The van der Waals surface area contributed by atoms with E-state index in [9.17, 15) is 10.1 Å². The maximum Gasteiger partial charge on any atom is 0.261 e. The smallest absolute Gasteiger partial charge is 0.261 e. The van der Waals surface area contributed by atoms with Crippen molar-refractivity contribution >= 4 is 34.5 Å². The highest BCUT2D eigenvalue weighted by Crippen LogP contribution is 2.35. The van der Waals surface area contributed by atoms with E-state index in [1.807, 2.05) is 78.9 Å². The predicted octanol–water partition coefficient (Wildman–Crippen LogP) is 5.94. The van der Waals surface area contributed by atoms with Crippen LogP contribution in [-0.4, -0.2) is 28.1 Å². The quantitative estimate of drug-likeness (QED) is 0.177. The average molecular weight is 503 g/mol. The summed E-state index contributed by atoms with van der Waals surface area (Å²) in [6, 6.07) is 27.8. The summed E-state index contributed by atoms with van der Waals surface area (Å²) in [6.45, 7) is 0. The maximum absolute atomic E-state index is 11.9. The molecule has 0 radical (unpaired) electrons. The summed E-state index contributed by atoms with van der Waals surface area (Å²) in [4.78, 5) is 16.2. The largest absolute Gasteiger partial charge is 0.457 e. The van der Waals surface area contributed by atoms with E-state index in [1.54, 1.807) is 18.3 Å². The molecule has 5 aromatic rings. The van der Waals surface area contributed by atoms with Crippen molar-refractivity contribution in [2.45, 2.75) is 0 Å². The van der Waals surface area contributed by atoms with E-state index >= 15 is 0 Å². The third-order valence-electron chi connectivity index (χ3n) is 5.51. The number of carbonyl (C=O) groups excluding carboxylic acids is 1. The molecule has 38 heavy (non-hydrogen) atoms. The number of nitrogens with zero attached hydrogens (tertiary/aromatic N) is 3. The number of benzene rings is 3. The molecule has 0 unspecified atom stereocenters. The van der Waals surface area contributed by atoms with Crippen molar-refractivity contribution in [2.24, 2.45) is 0 Å². The standard InChI is InChI=1S/C29H22N6O3/c1-31-29(36)20(18-30)16-19-6-5-7-21(17-19)33-28-26-25(14-15-32-27(26)34-35-28)38-24-12-10-23(11-13-24)37-22-8-3-2-4-9-22/h2-17H,1H3,(H,31,36)(H2,32,33,34,35)/b20-16+. The second kappa shape index (κ2) is 11.0. The van der Waals surface area contributed by atoms with E-state index in [4.69, 9.17) is 9.47 Å². The number of anilines is 2. The number of fused-ring (bicyclic) bond motifs is 1. The summed E-state index contributed by atoms with van der Waals surface area (Å²) in [5.41, 5.74) is 1.95. The molecule has 2 aromatic heterocycles. The minimum absolute atomic E-state index is 0.00921. The summed E-state index contributed by atoms with van der Waals surface area (Å²) in [7, 11) is 1.48. The molecule has 0 aliphatic heterocycles. The summed E-state index contributed by atoms with van der Waals surface area (Å²) in [6.07, 6.45) is 3.16. The van der Waals surface area contributed by atoms with Crippen LogP contribution in [0.5, 0.6) is 23.0 Å². The predicted molar refractivity (Wildman–Crippen MR) is 144 cm³/mol. The summed E-state index contributed by atoms with van der Waals surface area (Å²) < 4.78 is 12.0. The molecule has 0 spiro atoms. The first-order valence-corrected chi connectivity index (χ1v) is 11.7. The van der Waals surface area contributed by atoms with Crippen LogP contribution < -0.4 is 20.1 Å². The molecule has 0 saturated carbocycles. The number of aromatic nitrogens is 3. The molecule has 5 rings (SSSR count). The van der Waals surface area contributed by atoms with Gasteiger partial charge in [0.2, 0.25) is 0 Å². The third-order valence-corrected chi connectivity index (χ3v) is 5.51. The van der Waals surface area contributed by atoms with Gasteiger partial charge in [0, 0.05) is 25.0 Å².